The van der Waals surface area contributed by atoms with Crippen LogP contribution in [0, 0.1) is 11.7 Å². The van der Waals surface area contributed by atoms with Crippen LogP contribution < -0.4 is 5.73 Å². The lowest BCUT2D eigenvalue weighted by Gasteiger charge is -2.07. The van der Waals surface area contributed by atoms with Crippen molar-refractivity contribution in [1.82, 2.24) is 0 Å². The van der Waals surface area contributed by atoms with Crippen molar-refractivity contribution >= 4 is 5.91 Å². The second-order valence-corrected chi connectivity index (χ2v) is 3.74. The summed E-state index contributed by atoms with van der Waals surface area (Å²) in [4.78, 5) is 10.8. The average Bonchev–Trinajstić information content (AvgIpc) is 2.07. The number of rotatable bonds is 3. The minimum Gasteiger partial charge on any atom is -0.366 e. The lowest BCUT2D eigenvalue weighted by Crippen LogP contribution is -2.14. The van der Waals surface area contributed by atoms with Crippen LogP contribution in [-0.2, 0) is 6.42 Å². The second kappa shape index (κ2) is 4.22. The van der Waals surface area contributed by atoms with Crippen molar-refractivity contribution < 1.29 is 9.18 Å². The molecule has 1 aromatic rings. The predicted octanol–water partition coefficient (Wildman–Crippen LogP) is 2.12. The number of carbonyl (C=O) groups is 1. The molecule has 0 atom stereocenters. The Hall–Kier alpha value is -1.38. The van der Waals surface area contributed by atoms with Gasteiger partial charge in [0.25, 0.3) is 5.91 Å². The Balaban J connectivity index is 3.07. The van der Waals surface area contributed by atoms with Gasteiger partial charge in [-0.05, 0) is 24.0 Å². The SMILES string of the molecule is CC(C)Cc1cccc(C(N)=O)c1F. The van der Waals surface area contributed by atoms with Gasteiger partial charge >= 0.3 is 0 Å². The van der Waals surface area contributed by atoms with Gasteiger partial charge in [0.2, 0.25) is 0 Å². The zero-order chi connectivity index (χ0) is 10.7. The van der Waals surface area contributed by atoms with E-state index in [0.717, 1.165) is 0 Å². The van der Waals surface area contributed by atoms with Gasteiger partial charge in [0.05, 0.1) is 5.56 Å². The van der Waals surface area contributed by atoms with Gasteiger partial charge in [-0.15, -0.1) is 0 Å². The van der Waals surface area contributed by atoms with Gasteiger partial charge in [0.15, 0.2) is 0 Å². The number of hydrogen-bond donors (Lipinski definition) is 1. The van der Waals surface area contributed by atoms with Gasteiger partial charge in [-0.1, -0.05) is 26.0 Å². The molecular weight excluding hydrogens is 181 g/mol. The first-order valence-corrected chi connectivity index (χ1v) is 4.59. The van der Waals surface area contributed by atoms with Crippen molar-refractivity contribution in [1.29, 1.82) is 0 Å². The molecule has 0 saturated carbocycles. The lowest BCUT2D eigenvalue weighted by atomic mass is 10.00. The number of benzene rings is 1. The van der Waals surface area contributed by atoms with E-state index in [0.29, 0.717) is 17.9 Å². The van der Waals surface area contributed by atoms with Crippen LogP contribution in [0.15, 0.2) is 18.2 Å². The van der Waals surface area contributed by atoms with Crippen LogP contribution >= 0.6 is 0 Å². The van der Waals surface area contributed by atoms with E-state index in [1.165, 1.54) is 6.07 Å². The molecule has 0 aromatic heterocycles. The third-order valence-electron chi connectivity index (χ3n) is 1.97. The molecule has 0 aliphatic heterocycles. The molecule has 0 aliphatic carbocycles. The van der Waals surface area contributed by atoms with Gasteiger partial charge in [0.1, 0.15) is 5.82 Å². The zero-order valence-corrected chi connectivity index (χ0v) is 8.38. The molecule has 0 bridgehead atoms. The van der Waals surface area contributed by atoms with Crippen molar-refractivity contribution in [2.75, 3.05) is 0 Å². The first-order chi connectivity index (χ1) is 6.52. The largest absolute Gasteiger partial charge is 0.366 e. The van der Waals surface area contributed by atoms with Gasteiger partial charge < -0.3 is 5.73 Å². The second-order valence-electron chi connectivity index (χ2n) is 3.74. The molecule has 1 rings (SSSR count). The van der Waals surface area contributed by atoms with Crippen LogP contribution in [0.2, 0.25) is 0 Å². The fraction of sp³-hybridized carbons (Fsp3) is 0.364. The summed E-state index contributed by atoms with van der Waals surface area (Å²) >= 11 is 0. The van der Waals surface area contributed by atoms with E-state index in [2.05, 4.69) is 0 Å². The maximum Gasteiger partial charge on any atom is 0.251 e. The van der Waals surface area contributed by atoms with E-state index >= 15 is 0 Å². The molecule has 1 aromatic carbocycles. The summed E-state index contributed by atoms with van der Waals surface area (Å²) in [5, 5.41) is 0. The first-order valence-electron chi connectivity index (χ1n) is 4.59. The van der Waals surface area contributed by atoms with E-state index in [-0.39, 0.29) is 5.56 Å². The maximum absolute atomic E-state index is 13.6. The Labute approximate surface area is 82.9 Å². The van der Waals surface area contributed by atoms with E-state index in [9.17, 15) is 9.18 Å². The molecule has 76 valence electrons. The number of nitrogens with two attached hydrogens (primary N) is 1. The van der Waals surface area contributed by atoms with Crippen LogP contribution in [0.1, 0.15) is 29.8 Å². The summed E-state index contributed by atoms with van der Waals surface area (Å²) in [6.07, 6.45) is 0.618. The van der Waals surface area contributed by atoms with Crippen molar-refractivity contribution in [2.45, 2.75) is 20.3 Å². The van der Waals surface area contributed by atoms with Gasteiger partial charge in [-0.2, -0.15) is 0 Å². The molecule has 0 fully saturated rings. The molecule has 0 aliphatic rings. The topological polar surface area (TPSA) is 43.1 Å². The molecule has 14 heavy (non-hydrogen) atoms. The van der Waals surface area contributed by atoms with Crippen molar-refractivity contribution in [2.24, 2.45) is 11.7 Å². The van der Waals surface area contributed by atoms with E-state index in [4.69, 9.17) is 5.73 Å². The first kappa shape index (κ1) is 10.7. The molecule has 0 spiro atoms. The monoisotopic (exact) mass is 195 g/mol. The molecule has 0 heterocycles. The Morgan fingerprint density at radius 1 is 1.50 bits per heavy atom. The lowest BCUT2D eigenvalue weighted by molar-refractivity contribution is 0.0996. The fourth-order valence-electron chi connectivity index (χ4n) is 1.37. The molecular formula is C11H14FNO. The summed E-state index contributed by atoms with van der Waals surface area (Å²) in [6.45, 7) is 3.99. The minimum absolute atomic E-state index is 0.0249. The molecule has 2 N–H and O–H groups in total. The number of primary amides is 1. The highest BCUT2D eigenvalue weighted by Gasteiger charge is 2.12. The van der Waals surface area contributed by atoms with Gasteiger partial charge in [-0.3, -0.25) is 4.79 Å². The van der Waals surface area contributed by atoms with Crippen LogP contribution in [0.25, 0.3) is 0 Å². The minimum atomic E-state index is -0.715. The third-order valence-corrected chi connectivity index (χ3v) is 1.97. The number of carbonyl (C=O) groups excluding carboxylic acids is 1. The van der Waals surface area contributed by atoms with Crippen LogP contribution in [0.5, 0.6) is 0 Å². The highest BCUT2D eigenvalue weighted by molar-refractivity contribution is 5.93. The summed E-state index contributed by atoms with van der Waals surface area (Å²) in [7, 11) is 0. The van der Waals surface area contributed by atoms with Gasteiger partial charge in [-0.25, -0.2) is 4.39 Å². The quantitative estimate of drug-likeness (QED) is 0.788. The highest BCUT2D eigenvalue weighted by Crippen LogP contribution is 2.16. The molecule has 3 heteroatoms. The fourth-order valence-corrected chi connectivity index (χ4v) is 1.37. The maximum atomic E-state index is 13.6. The summed E-state index contributed by atoms with van der Waals surface area (Å²) < 4.78 is 13.6. The molecule has 0 unspecified atom stereocenters. The summed E-state index contributed by atoms with van der Waals surface area (Å²) in [5.74, 6) is -0.838. The smallest absolute Gasteiger partial charge is 0.251 e. The highest BCUT2D eigenvalue weighted by atomic mass is 19.1. The average molecular weight is 195 g/mol. The molecule has 0 saturated heterocycles. The predicted molar refractivity (Wildman–Crippen MR) is 53.5 cm³/mol. The van der Waals surface area contributed by atoms with Crippen molar-refractivity contribution in [3.8, 4) is 0 Å². The molecule has 1 amide bonds. The normalized spacial score (nSPS) is 10.6. The number of halogens is 1. The van der Waals surface area contributed by atoms with E-state index < -0.39 is 11.7 Å². The van der Waals surface area contributed by atoms with E-state index in [1.807, 2.05) is 13.8 Å². The van der Waals surface area contributed by atoms with E-state index in [1.54, 1.807) is 12.1 Å². The van der Waals surface area contributed by atoms with Crippen molar-refractivity contribution in [3.05, 3.63) is 35.1 Å². The van der Waals surface area contributed by atoms with Gasteiger partial charge in [0, 0.05) is 0 Å². The summed E-state index contributed by atoms with van der Waals surface area (Å²) in [5.41, 5.74) is 5.56. The van der Waals surface area contributed by atoms with Crippen LogP contribution in [-0.4, -0.2) is 5.91 Å². The third kappa shape index (κ3) is 2.31. The number of amides is 1. The number of hydrogen-bond acceptors (Lipinski definition) is 1. The van der Waals surface area contributed by atoms with Crippen LogP contribution in [0.3, 0.4) is 0 Å². The Kier molecular flexibility index (Phi) is 3.23. The Morgan fingerprint density at radius 2 is 2.14 bits per heavy atom. The van der Waals surface area contributed by atoms with Crippen LogP contribution in [0.4, 0.5) is 4.39 Å². The Morgan fingerprint density at radius 3 is 2.64 bits per heavy atom. The summed E-state index contributed by atoms with van der Waals surface area (Å²) in [6, 6.07) is 4.74. The molecule has 2 nitrogen and oxygen atoms in total. The standard InChI is InChI=1S/C11H14FNO/c1-7(2)6-8-4-3-5-9(10(8)12)11(13)14/h3-5,7H,6H2,1-2H3,(H2,13,14). The Bertz CT molecular complexity index is 347. The molecule has 0 radical (unpaired) electrons. The van der Waals surface area contributed by atoms with Crippen molar-refractivity contribution in [3.63, 3.8) is 0 Å². The zero-order valence-electron chi connectivity index (χ0n) is 8.38.